The summed E-state index contributed by atoms with van der Waals surface area (Å²) in [7, 11) is 2.05. The second-order valence-electron chi connectivity index (χ2n) is 3.24. The molecule has 2 aromatic heterocycles. The molecule has 0 amide bonds. The van der Waals surface area contributed by atoms with Gasteiger partial charge in [-0.2, -0.15) is 0 Å². The Bertz CT molecular complexity index is 427. The molecule has 0 bridgehead atoms. The number of fused-ring (bicyclic) bond motifs is 1. The van der Waals surface area contributed by atoms with Gasteiger partial charge in [0.1, 0.15) is 0 Å². The predicted molar refractivity (Wildman–Crippen MR) is 50.2 cm³/mol. The highest BCUT2D eigenvalue weighted by atomic mass is 14.9. The van der Waals surface area contributed by atoms with Crippen molar-refractivity contribution >= 4 is 11.0 Å². The van der Waals surface area contributed by atoms with E-state index in [1.54, 1.807) is 0 Å². The Morgan fingerprint density at radius 1 is 1.33 bits per heavy atom. The van der Waals surface area contributed by atoms with E-state index in [4.69, 9.17) is 0 Å². The van der Waals surface area contributed by atoms with Gasteiger partial charge in [-0.1, -0.05) is 0 Å². The van der Waals surface area contributed by atoms with Gasteiger partial charge in [-0.3, -0.25) is 4.98 Å². The lowest BCUT2D eigenvalue weighted by molar-refractivity contribution is 0.962. The molecule has 0 aromatic carbocycles. The van der Waals surface area contributed by atoms with Crippen molar-refractivity contribution in [1.29, 1.82) is 0 Å². The van der Waals surface area contributed by atoms with Crippen LogP contribution in [-0.2, 0) is 7.05 Å². The summed E-state index contributed by atoms with van der Waals surface area (Å²) in [4.78, 5) is 4.44. The number of pyridine rings is 1. The summed E-state index contributed by atoms with van der Waals surface area (Å²) in [6, 6.07) is 4.16. The first-order chi connectivity index (χ1) is 5.68. The first-order valence-electron chi connectivity index (χ1n) is 4.08. The van der Waals surface area contributed by atoms with Crippen molar-refractivity contribution in [3.8, 4) is 0 Å². The number of rotatable bonds is 0. The molecule has 0 aliphatic rings. The van der Waals surface area contributed by atoms with Gasteiger partial charge in [0, 0.05) is 18.9 Å². The van der Waals surface area contributed by atoms with Crippen molar-refractivity contribution < 1.29 is 0 Å². The van der Waals surface area contributed by atoms with Gasteiger partial charge in [0.2, 0.25) is 0 Å². The first kappa shape index (κ1) is 7.35. The highest BCUT2D eigenvalue weighted by Crippen LogP contribution is 2.17. The molecule has 2 heteroatoms. The van der Waals surface area contributed by atoms with Crippen LogP contribution in [0.5, 0.6) is 0 Å². The standard InChI is InChI=1S/C10H12N2/c1-7-6-8(2)11-9-4-5-12(3)10(7)9/h4-6H,1-3H3. The second kappa shape index (κ2) is 2.34. The van der Waals surface area contributed by atoms with E-state index in [2.05, 4.69) is 28.6 Å². The predicted octanol–water partition coefficient (Wildman–Crippen LogP) is 2.19. The molecule has 0 fully saturated rings. The Hall–Kier alpha value is -1.31. The van der Waals surface area contributed by atoms with Gasteiger partial charge in [-0.25, -0.2) is 0 Å². The molecule has 0 aliphatic carbocycles. The molecular weight excluding hydrogens is 148 g/mol. The summed E-state index contributed by atoms with van der Waals surface area (Å²) in [5, 5.41) is 0. The van der Waals surface area contributed by atoms with E-state index in [1.807, 2.05) is 20.2 Å². The highest BCUT2D eigenvalue weighted by Gasteiger charge is 2.02. The second-order valence-corrected chi connectivity index (χ2v) is 3.24. The molecule has 0 radical (unpaired) electrons. The average Bonchev–Trinajstić information content (AvgIpc) is 2.31. The summed E-state index contributed by atoms with van der Waals surface area (Å²) in [6.07, 6.45) is 2.05. The van der Waals surface area contributed by atoms with Gasteiger partial charge >= 0.3 is 0 Å². The summed E-state index contributed by atoms with van der Waals surface area (Å²) < 4.78 is 2.11. The lowest BCUT2D eigenvalue weighted by Gasteiger charge is -2.01. The van der Waals surface area contributed by atoms with E-state index in [-0.39, 0.29) is 0 Å². The minimum atomic E-state index is 1.09. The number of nitrogens with zero attached hydrogens (tertiary/aromatic N) is 2. The number of hydrogen-bond acceptors (Lipinski definition) is 1. The fourth-order valence-corrected chi connectivity index (χ4v) is 1.69. The van der Waals surface area contributed by atoms with Crippen LogP contribution in [0.25, 0.3) is 11.0 Å². The van der Waals surface area contributed by atoms with Crippen LogP contribution in [-0.4, -0.2) is 9.55 Å². The summed E-state index contributed by atoms with van der Waals surface area (Å²) in [5.74, 6) is 0. The highest BCUT2D eigenvalue weighted by molar-refractivity contribution is 5.79. The van der Waals surface area contributed by atoms with Gasteiger partial charge < -0.3 is 4.57 Å². The Morgan fingerprint density at radius 3 is 2.83 bits per heavy atom. The SMILES string of the molecule is Cc1cc(C)c2c(ccn2C)n1. The molecule has 0 aliphatic heterocycles. The van der Waals surface area contributed by atoms with Crippen molar-refractivity contribution in [1.82, 2.24) is 9.55 Å². The van der Waals surface area contributed by atoms with Crippen molar-refractivity contribution in [2.24, 2.45) is 7.05 Å². The third-order valence-electron chi connectivity index (χ3n) is 2.15. The van der Waals surface area contributed by atoms with Crippen LogP contribution in [0.2, 0.25) is 0 Å². The van der Waals surface area contributed by atoms with E-state index in [1.165, 1.54) is 11.1 Å². The van der Waals surface area contributed by atoms with Gasteiger partial charge in [-0.15, -0.1) is 0 Å². The van der Waals surface area contributed by atoms with Crippen LogP contribution in [0.4, 0.5) is 0 Å². The van der Waals surface area contributed by atoms with E-state index < -0.39 is 0 Å². The third-order valence-corrected chi connectivity index (χ3v) is 2.15. The number of aryl methyl sites for hydroxylation is 3. The fraction of sp³-hybridized carbons (Fsp3) is 0.300. The lowest BCUT2D eigenvalue weighted by Crippen LogP contribution is -1.90. The monoisotopic (exact) mass is 160 g/mol. The van der Waals surface area contributed by atoms with Gasteiger partial charge in [0.05, 0.1) is 11.0 Å². The van der Waals surface area contributed by atoms with Crippen molar-refractivity contribution in [2.45, 2.75) is 13.8 Å². The molecule has 62 valence electrons. The molecular formula is C10H12N2. The van der Waals surface area contributed by atoms with E-state index in [0.29, 0.717) is 0 Å². The maximum absolute atomic E-state index is 4.44. The normalized spacial score (nSPS) is 10.9. The number of hydrogen-bond donors (Lipinski definition) is 0. The minimum absolute atomic E-state index is 1.09. The molecule has 0 spiro atoms. The van der Waals surface area contributed by atoms with Gasteiger partial charge in [0.15, 0.2) is 0 Å². The molecule has 2 rings (SSSR count). The van der Waals surface area contributed by atoms with Crippen LogP contribution in [0.15, 0.2) is 18.3 Å². The summed E-state index contributed by atoms with van der Waals surface area (Å²) >= 11 is 0. The Labute approximate surface area is 71.8 Å². The zero-order valence-electron chi connectivity index (χ0n) is 7.63. The molecule has 0 atom stereocenters. The van der Waals surface area contributed by atoms with Crippen molar-refractivity contribution in [3.05, 3.63) is 29.6 Å². The van der Waals surface area contributed by atoms with Crippen LogP contribution in [0.1, 0.15) is 11.3 Å². The Balaban J connectivity index is 2.93. The fourth-order valence-electron chi connectivity index (χ4n) is 1.69. The maximum Gasteiger partial charge on any atom is 0.0886 e. The largest absolute Gasteiger partial charge is 0.349 e. The van der Waals surface area contributed by atoms with Crippen LogP contribution < -0.4 is 0 Å². The molecule has 0 saturated heterocycles. The quantitative estimate of drug-likeness (QED) is 0.577. The van der Waals surface area contributed by atoms with E-state index >= 15 is 0 Å². The summed E-state index contributed by atoms with van der Waals surface area (Å²) in [6.45, 7) is 4.15. The van der Waals surface area contributed by atoms with Crippen LogP contribution in [0.3, 0.4) is 0 Å². The van der Waals surface area contributed by atoms with Gasteiger partial charge in [0.25, 0.3) is 0 Å². The smallest absolute Gasteiger partial charge is 0.0886 e. The molecule has 2 aromatic rings. The molecule has 2 nitrogen and oxygen atoms in total. The Kier molecular flexibility index (Phi) is 1.43. The molecule has 0 saturated carbocycles. The van der Waals surface area contributed by atoms with Crippen molar-refractivity contribution in [2.75, 3.05) is 0 Å². The van der Waals surface area contributed by atoms with Crippen molar-refractivity contribution in [3.63, 3.8) is 0 Å². The maximum atomic E-state index is 4.44. The first-order valence-corrected chi connectivity index (χ1v) is 4.08. The zero-order chi connectivity index (χ0) is 8.72. The molecule has 12 heavy (non-hydrogen) atoms. The summed E-state index contributed by atoms with van der Waals surface area (Å²) in [5.41, 5.74) is 4.71. The third kappa shape index (κ3) is 0.916. The molecule has 0 N–H and O–H groups in total. The topological polar surface area (TPSA) is 17.8 Å². The average molecular weight is 160 g/mol. The van der Waals surface area contributed by atoms with Crippen LogP contribution in [0, 0.1) is 13.8 Å². The van der Waals surface area contributed by atoms with E-state index in [9.17, 15) is 0 Å². The lowest BCUT2D eigenvalue weighted by atomic mass is 10.2. The molecule has 0 unspecified atom stereocenters. The van der Waals surface area contributed by atoms with Gasteiger partial charge in [-0.05, 0) is 31.5 Å². The van der Waals surface area contributed by atoms with Crippen LogP contribution >= 0.6 is 0 Å². The zero-order valence-corrected chi connectivity index (χ0v) is 7.63. The number of aromatic nitrogens is 2. The minimum Gasteiger partial charge on any atom is -0.349 e. The molecule has 2 heterocycles. The van der Waals surface area contributed by atoms with E-state index in [0.717, 1.165) is 11.2 Å². The Morgan fingerprint density at radius 2 is 2.08 bits per heavy atom.